The Morgan fingerprint density at radius 1 is 1.40 bits per heavy atom. The zero-order valence-corrected chi connectivity index (χ0v) is 9.65. The van der Waals surface area contributed by atoms with Crippen LogP contribution < -0.4 is 5.73 Å². The summed E-state index contributed by atoms with van der Waals surface area (Å²) in [7, 11) is 2.11. The summed E-state index contributed by atoms with van der Waals surface area (Å²) in [6, 6.07) is 0.539. The van der Waals surface area contributed by atoms with Gasteiger partial charge in [-0.25, -0.2) is 0 Å². The van der Waals surface area contributed by atoms with Crippen molar-refractivity contribution in [2.24, 2.45) is 5.73 Å². The summed E-state index contributed by atoms with van der Waals surface area (Å²) < 4.78 is 0. The van der Waals surface area contributed by atoms with Crippen molar-refractivity contribution in [3.05, 3.63) is 0 Å². The molecule has 1 aliphatic heterocycles. The fourth-order valence-corrected chi connectivity index (χ4v) is 2.38. The zero-order chi connectivity index (χ0) is 11.0. The van der Waals surface area contributed by atoms with Gasteiger partial charge in [0.15, 0.2) is 0 Å². The quantitative estimate of drug-likeness (QED) is 0.716. The van der Waals surface area contributed by atoms with E-state index >= 15 is 0 Å². The Morgan fingerprint density at radius 3 is 2.47 bits per heavy atom. The summed E-state index contributed by atoms with van der Waals surface area (Å²) >= 11 is 0. The number of hydrogen-bond acceptors (Lipinski definition) is 3. The van der Waals surface area contributed by atoms with Gasteiger partial charge in [0.1, 0.15) is 0 Å². The van der Waals surface area contributed by atoms with Gasteiger partial charge >= 0.3 is 0 Å². The van der Waals surface area contributed by atoms with E-state index in [1.807, 2.05) is 0 Å². The molecule has 1 saturated carbocycles. The van der Waals surface area contributed by atoms with E-state index in [-0.39, 0.29) is 11.9 Å². The molecule has 2 aliphatic rings. The van der Waals surface area contributed by atoms with Crippen LogP contribution in [0.3, 0.4) is 0 Å². The Bertz CT molecular complexity index is 250. The van der Waals surface area contributed by atoms with E-state index in [4.69, 9.17) is 5.73 Å². The van der Waals surface area contributed by atoms with Crippen LogP contribution in [0.2, 0.25) is 0 Å². The van der Waals surface area contributed by atoms with Gasteiger partial charge in [0.05, 0.1) is 6.04 Å². The standard InChI is InChI=1S/C11H21N3O/c1-8(12)11(15)14(9-3-4-9)10-5-6-13(2)7-10/h8-10H,3-7,12H2,1-2H3/t8-,10?/m0/s1. The molecule has 15 heavy (non-hydrogen) atoms. The molecule has 2 rings (SSSR count). The second-order valence-electron chi connectivity index (χ2n) is 4.97. The third-order valence-electron chi connectivity index (χ3n) is 3.34. The van der Waals surface area contributed by atoms with Gasteiger partial charge in [-0.05, 0) is 39.8 Å². The van der Waals surface area contributed by atoms with Crippen molar-refractivity contribution in [2.45, 2.75) is 44.3 Å². The summed E-state index contributed by atoms with van der Waals surface area (Å²) in [5, 5.41) is 0. The maximum absolute atomic E-state index is 12.0. The summed E-state index contributed by atoms with van der Waals surface area (Å²) in [6.07, 6.45) is 3.43. The lowest BCUT2D eigenvalue weighted by Crippen LogP contribution is -2.49. The minimum Gasteiger partial charge on any atom is -0.334 e. The molecule has 1 heterocycles. The normalized spacial score (nSPS) is 29.1. The SMILES string of the molecule is C[C@H](N)C(=O)N(C1CC1)C1CCN(C)C1. The van der Waals surface area contributed by atoms with Gasteiger partial charge in [0.25, 0.3) is 0 Å². The first kappa shape index (κ1) is 10.9. The number of likely N-dealkylation sites (N-methyl/N-ethyl adjacent to an activating group) is 1. The van der Waals surface area contributed by atoms with Crippen molar-refractivity contribution in [1.82, 2.24) is 9.80 Å². The molecule has 0 bridgehead atoms. The molecule has 0 aromatic rings. The zero-order valence-electron chi connectivity index (χ0n) is 9.65. The molecular weight excluding hydrogens is 190 g/mol. The molecule has 2 fully saturated rings. The number of hydrogen-bond donors (Lipinski definition) is 1. The van der Waals surface area contributed by atoms with E-state index in [1.54, 1.807) is 6.92 Å². The van der Waals surface area contributed by atoms with Crippen LogP contribution in [0.1, 0.15) is 26.2 Å². The molecule has 1 amide bonds. The molecule has 2 N–H and O–H groups in total. The third kappa shape index (κ3) is 2.32. The maximum atomic E-state index is 12.0. The van der Waals surface area contributed by atoms with E-state index in [2.05, 4.69) is 16.8 Å². The average Bonchev–Trinajstić information content (AvgIpc) is 2.90. The van der Waals surface area contributed by atoms with Crippen molar-refractivity contribution in [3.63, 3.8) is 0 Å². The van der Waals surface area contributed by atoms with Crippen molar-refractivity contribution in [3.8, 4) is 0 Å². The predicted molar refractivity (Wildman–Crippen MR) is 59.4 cm³/mol. The van der Waals surface area contributed by atoms with Gasteiger partial charge in [-0.2, -0.15) is 0 Å². The van der Waals surface area contributed by atoms with E-state index < -0.39 is 0 Å². The molecule has 0 aromatic carbocycles. The van der Waals surface area contributed by atoms with Crippen molar-refractivity contribution in [1.29, 1.82) is 0 Å². The summed E-state index contributed by atoms with van der Waals surface area (Å²) in [6.45, 7) is 3.89. The number of nitrogens with two attached hydrogens (primary N) is 1. The molecule has 2 atom stereocenters. The maximum Gasteiger partial charge on any atom is 0.239 e. The first-order valence-electron chi connectivity index (χ1n) is 5.86. The van der Waals surface area contributed by atoms with E-state index in [0.29, 0.717) is 12.1 Å². The number of amides is 1. The van der Waals surface area contributed by atoms with Crippen LogP contribution in [-0.2, 0) is 4.79 Å². The Kier molecular flexibility index (Phi) is 2.98. The monoisotopic (exact) mass is 211 g/mol. The summed E-state index contributed by atoms with van der Waals surface area (Å²) in [5.74, 6) is 0.137. The summed E-state index contributed by atoms with van der Waals surface area (Å²) in [5.41, 5.74) is 5.70. The topological polar surface area (TPSA) is 49.6 Å². The molecular formula is C11H21N3O. The summed E-state index contributed by atoms with van der Waals surface area (Å²) in [4.78, 5) is 16.4. The van der Waals surface area contributed by atoms with Gasteiger partial charge < -0.3 is 15.5 Å². The minimum atomic E-state index is -0.350. The Hall–Kier alpha value is -0.610. The highest BCUT2D eigenvalue weighted by atomic mass is 16.2. The molecule has 0 aromatic heterocycles. The van der Waals surface area contributed by atoms with E-state index in [1.165, 1.54) is 12.8 Å². The molecule has 1 saturated heterocycles. The van der Waals surface area contributed by atoms with Gasteiger partial charge in [-0.15, -0.1) is 0 Å². The molecule has 0 spiro atoms. The fourth-order valence-electron chi connectivity index (χ4n) is 2.38. The molecule has 86 valence electrons. The predicted octanol–water partition coefficient (Wildman–Crippen LogP) is 0.0287. The first-order chi connectivity index (χ1) is 7.09. The van der Waals surface area contributed by atoms with Crippen LogP contribution in [0.4, 0.5) is 0 Å². The molecule has 4 nitrogen and oxygen atoms in total. The van der Waals surface area contributed by atoms with E-state index in [9.17, 15) is 4.79 Å². The second kappa shape index (κ2) is 4.10. The number of carbonyl (C=O) groups excluding carboxylic acids is 1. The van der Waals surface area contributed by atoms with Gasteiger partial charge in [0, 0.05) is 18.6 Å². The largest absolute Gasteiger partial charge is 0.334 e. The molecule has 1 aliphatic carbocycles. The van der Waals surface area contributed by atoms with Gasteiger partial charge in [-0.3, -0.25) is 4.79 Å². The smallest absolute Gasteiger partial charge is 0.239 e. The van der Waals surface area contributed by atoms with Crippen LogP contribution in [-0.4, -0.2) is 54.0 Å². The van der Waals surface area contributed by atoms with Gasteiger partial charge in [-0.1, -0.05) is 0 Å². The van der Waals surface area contributed by atoms with Crippen molar-refractivity contribution >= 4 is 5.91 Å². The van der Waals surface area contributed by atoms with Crippen molar-refractivity contribution in [2.75, 3.05) is 20.1 Å². The van der Waals surface area contributed by atoms with Crippen LogP contribution in [0.5, 0.6) is 0 Å². The number of nitrogens with zero attached hydrogens (tertiary/aromatic N) is 2. The van der Waals surface area contributed by atoms with Crippen LogP contribution in [0.25, 0.3) is 0 Å². The third-order valence-corrected chi connectivity index (χ3v) is 3.34. The lowest BCUT2D eigenvalue weighted by Gasteiger charge is -2.30. The molecule has 4 heteroatoms. The molecule has 0 radical (unpaired) electrons. The highest BCUT2D eigenvalue weighted by Gasteiger charge is 2.40. The average molecular weight is 211 g/mol. The number of carbonyl (C=O) groups is 1. The van der Waals surface area contributed by atoms with E-state index in [0.717, 1.165) is 19.5 Å². The van der Waals surface area contributed by atoms with Crippen LogP contribution >= 0.6 is 0 Å². The Morgan fingerprint density at radius 2 is 2.07 bits per heavy atom. The Balaban J connectivity index is 2.03. The lowest BCUT2D eigenvalue weighted by atomic mass is 10.2. The lowest BCUT2D eigenvalue weighted by molar-refractivity contribution is -0.135. The van der Waals surface area contributed by atoms with Crippen molar-refractivity contribution < 1.29 is 4.79 Å². The second-order valence-corrected chi connectivity index (χ2v) is 4.97. The highest BCUT2D eigenvalue weighted by molar-refractivity contribution is 5.82. The molecule has 1 unspecified atom stereocenters. The Labute approximate surface area is 91.4 Å². The fraction of sp³-hybridized carbons (Fsp3) is 0.909. The van der Waals surface area contributed by atoms with Crippen LogP contribution in [0.15, 0.2) is 0 Å². The highest BCUT2D eigenvalue weighted by Crippen LogP contribution is 2.31. The van der Waals surface area contributed by atoms with Crippen LogP contribution in [0, 0.1) is 0 Å². The minimum absolute atomic E-state index is 0.137. The first-order valence-corrected chi connectivity index (χ1v) is 5.86. The van der Waals surface area contributed by atoms with Gasteiger partial charge in [0.2, 0.25) is 5.91 Å². The number of likely N-dealkylation sites (tertiary alicyclic amines) is 1. The number of rotatable bonds is 3.